The van der Waals surface area contributed by atoms with E-state index in [0.717, 1.165) is 32.5 Å². The van der Waals surface area contributed by atoms with Crippen LogP contribution in [0.1, 0.15) is 36.4 Å². The number of hydrogen-bond donors (Lipinski definition) is 1. The van der Waals surface area contributed by atoms with Crippen LogP contribution >= 0.6 is 0 Å². The van der Waals surface area contributed by atoms with Crippen LogP contribution in [0.2, 0.25) is 0 Å². The third-order valence-electron chi connectivity index (χ3n) is 4.51. The molecule has 104 valence electrons. The smallest absolute Gasteiger partial charge is 0.0588 e. The molecule has 1 fully saturated rings. The fourth-order valence-electron chi connectivity index (χ4n) is 3.43. The summed E-state index contributed by atoms with van der Waals surface area (Å²) in [4.78, 5) is 2.55. The molecule has 0 saturated carbocycles. The minimum atomic E-state index is 0.395. The highest BCUT2D eigenvalue weighted by Crippen LogP contribution is 2.29. The van der Waals surface area contributed by atoms with E-state index < -0.39 is 0 Å². The van der Waals surface area contributed by atoms with Gasteiger partial charge < -0.3 is 10.5 Å². The standard InChI is InChI=1S/C16H24N2O/c17-12-16-15-6-2-1-4-13(15)7-9-18(16)10-8-14-5-3-11-19-14/h1-2,4,6,14,16H,3,5,7-12,17H2. The summed E-state index contributed by atoms with van der Waals surface area (Å²) in [5.74, 6) is 0. The van der Waals surface area contributed by atoms with Crippen molar-refractivity contribution in [1.29, 1.82) is 0 Å². The van der Waals surface area contributed by atoms with E-state index in [-0.39, 0.29) is 0 Å². The van der Waals surface area contributed by atoms with Gasteiger partial charge in [-0.05, 0) is 36.8 Å². The maximum Gasteiger partial charge on any atom is 0.0588 e. The van der Waals surface area contributed by atoms with Crippen molar-refractivity contribution in [2.24, 2.45) is 5.73 Å². The topological polar surface area (TPSA) is 38.5 Å². The Morgan fingerprint density at radius 2 is 2.21 bits per heavy atom. The first-order valence-corrected chi connectivity index (χ1v) is 7.52. The minimum Gasteiger partial charge on any atom is -0.378 e. The molecule has 1 aromatic carbocycles. The zero-order valence-corrected chi connectivity index (χ0v) is 11.6. The number of rotatable bonds is 4. The first kappa shape index (κ1) is 13.1. The van der Waals surface area contributed by atoms with Crippen molar-refractivity contribution in [1.82, 2.24) is 4.90 Å². The van der Waals surface area contributed by atoms with E-state index in [9.17, 15) is 0 Å². The maximum absolute atomic E-state index is 6.02. The summed E-state index contributed by atoms with van der Waals surface area (Å²) in [7, 11) is 0. The lowest BCUT2D eigenvalue weighted by atomic mass is 9.92. The van der Waals surface area contributed by atoms with Gasteiger partial charge >= 0.3 is 0 Å². The predicted octanol–water partition coefficient (Wildman–Crippen LogP) is 2.11. The molecule has 2 N–H and O–H groups in total. The number of nitrogens with two attached hydrogens (primary N) is 1. The summed E-state index contributed by atoms with van der Waals surface area (Å²) in [6.45, 7) is 3.91. The number of fused-ring (bicyclic) bond motifs is 1. The molecule has 19 heavy (non-hydrogen) atoms. The average Bonchev–Trinajstić information content (AvgIpc) is 2.97. The highest BCUT2D eigenvalue weighted by molar-refractivity contribution is 5.32. The molecule has 2 heterocycles. The van der Waals surface area contributed by atoms with Gasteiger partial charge in [0.1, 0.15) is 0 Å². The fraction of sp³-hybridized carbons (Fsp3) is 0.625. The molecule has 0 amide bonds. The molecule has 1 saturated heterocycles. The Bertz CT molecular complexity index is 415. The Balaban J connectivity index is 1.65. The van der Waals surface area contributed by atoms with Crippen molar-refractivity contribution in [3.63, 3.8) is 0 Å². The molecular weight excluding hydrogens is 236 g/mol. The summed E-state index contributed by atoms with van der Waals surface area (Å²) in [5.41, 5.74) is 8.93. The number of benzene rings is 1. The Hall–Kier alpha value is -0.900. The molecule has 3 heteroatoms. The summed E-state index contributed by atoms with van der Waals surface area (Å²) < 4.78 is 5.72. The molecule has 0 aliphatic carbocycles. The van der Waals surface area contributed by atoms with Crippen molar-refractivity contribution in [2.75, 3.05) is 26.2 Å². The monoisotopic (exact) mass is 260 g/mol. The fourth-order valence-corrected chi connectivity index (χ4v) is 3.43. The molecule has 2 unspecified atom stereocenters. The van der Waals surface area contributed by atoms with Gasteiger partial charge in [0, 0.05) is 32.3 Å². The molecule has 2 aliphatic rings. The molecule has 0 spiro atoms. The van der Waals surface area contributed by atoms with Crippen LogP contribution in [0.4, 0.5) is 0 Å². The molecule has 0 aromatic heterocycles. The zero-order valence-electron chi connectivity index (χ0n) is 11.6. The van der Waals surface area contributed by atoms with Crippen LogP contribution in [-0.2, 0) is 11.2 Å². The largest absolute Gasteiger partial charge is 0.378 e. The van der Waals surface area contributed by atoms with Gasteiger partial charge in [-0.3, -0.25) is 4.90 Å². The van der Waals surface area contributed by atoms with Gasteiger partial charge in [0.25, 0.3) is 0 Å². The summed E-state index contributed by atoms with van der Waals surface area (Å²) >= 11 is 0. The number of ether oxygens (including phenoxy) is 1. The van der Waals surface area contributed by atoms with E-state index in [1.165, 1.54) is 24.0 Å². The van der Waals surface area contributed by atoms with Crippen LogP contribution in [0.3, 0.4) is 0 Å². The van der Waals surface area contributed by atoms with Crippen LogP contribution in [0.25, 0.3) is 0 Å². The highest BCUT2D eigenvalue weighted by atomic mass is 16.5. The zero-order chi connectivity index (χ0) is 13.1. The summed E-state index contributed by atoms with van der Waals surface area (Å²) in [6, 6.07) is 9.14. The minimum absolute atomic E-state index is 0.395. The Kier molecular flexibility index (Phi) is 4.16. The Morgan fingerprint density at radius 3 is 3.00 bits per heavy atom. The van der Waals surface area contributed by atoms with Crippen LogP contribution in [0.15, 0.2) is 24.3 Å². The van der Waals surface area contributed by atoms with Crippen molar-refractivity contribution < 1.29 is 4.74 Å². The Labute approximate surface area is 115 Å². The van der Waals surface area contributed by atoms with Crippen LogP contribution in [-0.4, -0.2) is 37.2 Å². The van der Waals surface area contributed by atoms with E-state index in [1.54, 1.807) is 0 Å². The second-order valence-corrected chi connectivity index (χ2v) is 5.66. The lowest BCUT2D eigenvalue weighted by Gasteiger charge is -2.37. The maximum atomic E-state index is 6.02. The first-order valence-electron chi connectivity index (χ1n) is 7.52. The predicted molar refractivity (Wildman–Crippen MR) is 77.1 cm³/mol. The molecular formula is C16H24N2O. The molecule has 3 nitrogen and oxygen atoms in total. The molecule has 0 bridgehead atoms. The normalized spacial score (nSPS) is 27.4. The molecule has 0 radical (unpaired) electrons. The van der Waals surface area contributed by atoms with E-state index >= 15 is 0 Å². The number of hydrogen-bond acceptors (Lipinski definition) is 3. The van der Waals surface area contributed by atoms with Gasteiger partial charge in [0.05, 0.1) is 6.10 Å². The number of nitrogens with zero attached hydrogens (tertiary/aromatic N) is 1. The van der Waals surface area contributed by atoms with Crippen LogP contribution in [0.5, 0.6) is 0 Å². The second kappa shape index (κ2) is 6.04. The lowest BCUT2D eigenvalue weighted by molar-refractivity contribution is 0.0828. The van der Waals surface area contributed by atoms with E-state index in [0.29, 0.717) is 18.7 Å². The Morgan fingerprint density at radius 1 is 1.32 bits per heavy atom. The van der Waals surface area contributed by atoms with Crippen molar-refractivity contribution in [3.05, 3.63) is 35.4 Å². The highest BCUT2D eigenvalue weighted by Gasteiger charge is 2.26. The summed E-state index contributed by atoms with van der Waals surface area (Å²) in [5, 5.41) is 0. The molecule has 3 rings (SSSR count). The molecule has 1 aromatic rings. The first-order chi connectivity index (χ1) is 9.38. The van der Waals surface area contributed by atoms with E-state index in [4.69, 9.17) is 10.5 Å². The van der Waals surface area contributed by atoms with Gasteiger partial charge in [-0.15, -0.1) is 0 Å². The van der Waals surface area contributed by atoms with Crippen LogP contribution in [0, 0.1) is 0 Å². The second-order valence-electron chi connectivity index (χ2n) is 5.66. The third kappa shape index (κ3) is 2.83. The van der Waals surface area contributed by atoms with Crippen molar-refractivity contribution in [2.45, 2.75) is 37.8 Å². The third-order valence-corrected chi connectivity index (χ3v) is 4.51. The van der Waals surface area contributed by atoms with Gasteiger partial charge in [-0.2, -0.15) is 0 Å². The SMILES string of the molecule is NCC1c2ccccc2CCN1CCC1CCCO1. The van der Waals surface area contributed by atoms with E-state index in [2.05, 4.69) is 29.2 Å². The van der Waals surface area contributed by atoms with Gasteiger partial charge in [-0.1, -0.05) is 24.3 Å². The van der Waals surface area contributed by atoms with Crippen molar-refractivity contribution in [3.8, 4) is 0 Å². The van der Waals surface area contributed by atoms with Gasteiger partial charge in [0.2, 0.25) is 0 Å². The van der Waals surface area contributed by atoms with E-state index in [1.807, 2.05) is 0 Å². The average molecular weight is 260 g/mol. The summed E-state index contributed by atoms with van der Waals surface area (Å²) in [6.07, 6.45) is 5.25. The molecule has 2 atom stereocenters. The van der Waals surface area contributed by atoms with Crippen LogP contribution < -0.4 is 5.73 Å². The lowest BCUT2D eigenvalue weighted by Crippen LogP contribution is -2.40. The van der Waals surface area contributed by atoms with Gasteiger partial charge in [0.15, 0.2) is 0 Å². The van der Waals surface area contributed by atoms with Crippen molar-refractivity contribution >= 4 is 0 Å². The quantitative estimate of drug-likeness (QED) is 0.901. The van der Waals surface area contributed by atoms with Gasteiger partial charge in [-0.25, -0.2) is 0 Å². The molecule has 2 aliphatic heterocycles.